The Kier molecular flexibility index (Phi) is 1.64. The molecule has 2 aromatic rings. The zero-order valence-electron chi connectivity index (χ0n) is 6.27. The van der Waals surface area contributed by atoms with Crippen molar-refractivity contribution in [1.29, 1.82) is 0 Å². The Labute approximate surface area is 68.6 Å². The molecule has 12 heavy (non-hydrogen) atoms. The van der Waals surface area contributed by atoms with E-state index in [1.807, 2.05) is 0 Å². The van der Waals surface area contributed by atoms with Crippen LogP contribution in [0.15, 0.2) is 29.3 Å². The summed E-state index contributed by atoms with van der Waals surface area (Å²) in [6.45, 7) is 0. The van der Waals surface area contributed by atoms with Gasteiger partial charge in [-0.2, -0.15) is 5.10 Å². The van der Waals surface area contributed by atoms with E-state index in [0.29, 0.717) is 5.82 Å². The molecule has 0 fully saturated rings. The molecule has 1 atom stereocenters. The molecule has 0 aliphatic carbocycles. The zero-order valence-corrected chi connectivity index (χ0v) is 6.27. The predicted octanol–water partition coefficient (Wildman–Crippen LogP) is 0.446. The maximum Gasteiger partial charge on any atom is 0.145 e. The summed E-state index contributed by atoms with van der Waals surface area (Å²) in [6.07, 6.45) is 4.59. The van der Waals surface area contributed by atoms with Crippen LogP contribution >= 0.6 is 0 Å². The first-order chi connectivity index (χ1) is 5.88. The number of furan rings is 1. The van der Waals surface area contributed by atoms with Crippen LogP contribution in [-0.4, -0.2) is 15.2 Å². The van der Waals surface area contributed by atoms with Crippen molar-refractivity contribution in [2.75, 3.05) is 0 Å². The van der Waals surface area contributed by atoms with Crippen LogP contribution in [-0.2, 0) is 0 Å². The smallest absolute Gasteiger partial charge is 0.145 e. The Morgan fingerprint density at radius 1 is 1.58 bits per heavy atom. The molecule has 0 bridgehead atoms. The molecule has 0 saturated carbocycles. The van der Waals surface area contributed by atoms with Crippen LogP contribution in [0.4, 0.5) is 0 Å². The van der Waals surface area contributed by atoms with Gasteiger partial charge < -0.3 is 10.2 Å². The molecule has 0 aromatic carbocycles. The average Bonchev–Trinajstić information content (AvgIpc) is 2.77. The molecule has 2 rings (SSSR count). The highest BCUT2D eigenvalue weighted by molar-refractivity contribution is 5.18. The topological polar surface area (TPSA) is 80.7 Å². The first-order valence-electron chi connectivity index (χ1n) is 3.51. The quantitative estimate of drug-likeness (QED) is 0.675. The van der Waals surface area contributed by atoms with Gasteiger partial charge in [0, 0.05) is 5.56 Å². The molecule has 0 spiro atoms. The SMILES string of the molecule is NC(c1ccoc1)c1ncn[nH]1. The summed E-state index contributed by atoms with van der Waals surface area (Å²) in [5.41, 5.74) is 6.69. The highest BCUT2D eigenvalue weighted by atomic mass is 16.3. The minimum atomic E-state index is -0.286. The number of nitrogens with zero attached hydrogens (tertiary/aromatic N) is 2. The van der Waals surface area contributed by atoms with E-state index in [2.05, 4.69) is 15.2 Å². The second kappa shape index (κ2) is 2.78. The molecule has 3 N–H and O–H groups in total. The second-order valence-corrected chi connectivity index (χ2v) is 2.41. The van der Waals surface area contributed by atoms with Gasteiger partial charge in [0.05, 0.1) is 18.6 Å². The second-order valence-electron chi connectivity index (χ2n) is 2.41. The molecule has 62 valence electrons. The summed E-state index contributed by atoms with van der Waals surface area (Å²) < 4.78 is 4.89. The maximum atomic E-state index is 5.81. The third-order valence-corrected chi connectivity index (χ3v) is 1.63. The molecule has 0 aliphatic heterocycles. The summed E-state index contributed by atoms with van der Waals surface area (Å²) in [4.78, 5) is 3.94. The summed E-state index contributed by atoms with van der Waals surface area (Å²) in [7, 11) is 0. The average molecular weight is 164 g/mol. The van der Waals surface area contributed by atoms with Gasteiger partial charge in [-0.05, 0) is 6.07 Å². The van der Waals surface area contributed by atoms with Crippen LogP contribution in [0.25, 0.3) is 0 Å². The zero-order chi connectivity index (χ0) is 8.39. The Bertz CT molecular complexity index is 292. The Morgan fingerprint density at radius 3 is 3.08 bits per heavy atom. The van der Waals surface area contributed by atoms with Crippen LogP contribution in [0.1, 0.15) is 17.4 Å². The van der Waals surface area contributed by atoms with Gasteiger partial charge in [-0.1, -0.05) is 0 Å². The first kappa shape index (κ1) is 7.05. The summed E-state index contributed by atoms with van der Waals surface area (Å²) in [5.74, 6) is 0.636. The van der Waals surface area contributed by atoms with Crippen LogP contribution in [0.2, 0.25) is 0 Å². The third kappa shape index (κ3) is 1.10. The predicted molar refractivity (Wildman–Crippen MR) is 41.1 cm³/mol. The van der Waals surface area contributed by atoms with Crippen molar-refractivity contribution in [3.05, 3.63) is 36.3 Å². The lowest BCUT2D eigenvalue weighted by Crippen LogP contribution is -2.12. The fourth-order valence-electron chi connectivity index (χ4n) is 0.975. The van der Waals surface area contributed by atoms with Crippen molar-refractivity contribution in [1.82, 2.24) is 15.2 Å². The molecule has 5 heteroatoms. The molecular weight excluding hydrogens is 156 g/mol. The van der Waals surface area contributed by atoms with E-state index in [1.54, 1.807) is 18.6 Å². The van der Waals surface area contributed by atoms with Crippen molar-refractivity contribution in [3.8, 4) is 0 Å². The lowest BCUT2D eigenvalue weighted by molar-refractivity contribution is 0.561. The number of hydrogen-bond acceptors (Lipinski definition) is 4. The van der Waals surface area contributed by atoms with Crippen molar-refractivity contribution >= 4 is 0 Å². The van der Waals surface area contributed by atoms with E-state index < -0.39 is 0 Å². The van der Waals surface area contributed by atoms with E-state index in [9.17, 15) is 0 Å². The molecule has 2 aromatic heterocycles. The molecule has 0 saturated heterocycles. The van der Waals surface area contributed by atoms with E-state index in [4.69, 9.17) is 10.2 Å². The molecule has 0 amide bonds. The van der Waals surface area contributed by atoms with Gasteiger partial charge in [0.2, 0.25) is 0 Å². The Morgan fingerprint density at radius 2 is 2.50 bits per heavy atom. The van der Waals surface area contributed by atoms with Crippen LogP contribution in [0, 0.1) is 0 Å². The number of aromatic amines is 1. The Hall–Kier alpha value is -1.62. The molecule has 0 radical (unpaired) electrons. The van der Waals surface area contributed by atoms with Crippen LogP contribution in [0.5, 0.6) is 0 Å². The summed E-state index contributed by atoms with van der Waals surface area (Å²) in [6, 6.07) is 1.51. The maximum absolute atomic E-state index is 5.81. The fraction of sp³-hybridized carbons (Fsp3) is 0.143. The molecule has 1 unspecified atom stereocenters. The van der Waals surface area contributed by atoms with E-state index in [-0.39, 0.29) is 6.04 Å². The number of aromatic nitrogens is 3. The molecule has 2 heterocycles. The number of H-pyrrole nitrogens is 1. The summed E-state index contributed by atoms with van der Waals surface area (Å²) >= 11 is 0. The lowest BCUT2D eigenvalue weighted by Gasteiger charge is -2.02. The molecule has 5 nitrogen and oxygen atoms in total. The Balaban J connectivity index is 2.27. The number of nitrogens with two attached hydrogens (primary N) is 1. The van der Waals surface area contributed by atoms with Gasteiger partial charge in [-0.15, -0.1) is 0 Å². The molecule has 0 aliphatic rings. The minimum Gasteiger partial charge on any atom is -0.472 e. The van der Waals surface area contributed by atoms with Gasteiger partial charge in [0.1, 0.15) is 12.2 Å². The van der Waals surface area contributed by atoms with Gasteiger partial charge in [0.15, 0.2) is 0 Å². The van der Waals surface area contributed by atoms with Crippen molar-refractivity contribution in [2.24, 2.45) is 5.73 Å². The standard InChI is InChI=1S/C7H8N4O/c8-6(5-1-2-12-3-5)7-9-4-10-11-7/h1-4,6H,8H2,(H,9,10,11). The number of rotatable bonds is 2. The minimum absolute atomic E-state index is 0.286. The number of nitrogens with one attached hydrogen (secondary N) is 1. The van der Waals surface area contributed by atoms with Gasteiger partial charge in [-0.25, -0.2) is 4.98 Å². The van der Waals surface area contributed by atoms with Crippen LogP contribution < -0.4 is 5.73 Å². The van der Waals surface area contributed by atoms with Crippen molar-refractivity contribution in [2.45, 2.75) is 6.04 Å². The normalized spacial score (nSPS) is 13.1. The third-order valence-electron chi connectivity index (χ3n) is 1.63. The highest BCUT2D eigenvalue weighted by Crippen LogP contribution is 2.14. The van der Waals surface area contributed by atoms with Gasteiger partial charge in [-0.3, -0.25) is 5.10 Å². The lowest BCUT2D eigenvalue weighted by atomic mass is 10.1. The van der Waals surface area contributed by atoms with Crippen molar-refractivity contribution < 1.29 is 4.42 Å². The van der Waals surface area contributed by atoms with Gasteiger partial charge >= 0.3 is 0 Å². The van der Waals surface area contributed by atoms with Gasteiger partial charge in [0.25, 0.3) is 0 Å². The van der Waals surface area contributed by atoms with Crippen molar-refractivity contribution in [3.63, 3.8) is 0 Å². The monoisotopic (exact) mass is 164 g/mol. The highest BCUT2D eigenvalue weighted by Gasteiger charge is 2.11. The fourth-order valence-corrected chi connectivity index (χ4v) is 0.975. The van der Waals surface area contributed by atoms with Crippen LogP contribution in [0.3, 0.4) is 0 Å². The van der Waals surface area contributed by atoms with E-state index >= 15 is 0 Å². The van der Waals surface area contributed by atoms with E-state index in [0.717, 1.165) is 5.56 Å². The largest absolute Gasteiger partial charge is 0.472 e. The summed E-state index contributed by atoms with van der Waals surface area (Å²) in [5, 5.41) is 6.40. The van der Waals surface area contributed by atoms with E-state index in [1.165, 1.54) is 6.33 Å². The molecular formula is C7H8N4O. The first-order valence-corrected chi connectivity index (χ1v) is 3.51. The number of hydrogen-bond donors (Lipinski definition) is 2.